The summed E-state index contributed by atoms with van der Waals surface area (Å²) in [6, 6.07) is 8.92. The summed E-state index contributed by atoms with van der Waals surface area (Å²) in [5, 5.41) is 0. The standard InChI is InChI=1S/C16H25BrN2/c1-3-16(2)7-9-19(10-8-16)15(12-18)13-5-4-6-14(17)11-13/h4-6,11,15H,3,7-10,12,18H2,1-2H3. The Morgan fingerprint density at radius 3 is 2.58 bits per heavy atom. The second-order valence-corrected chi connectivity index (χ2v) is 6.92. The van der Waals surface area contributed by atoms with Crippen LogP contribution in [0.4, 0.5) is 0 Å². The molecule has 0 spiro atoms. The lowest BCUT2D eigenvalue weighted by Crippen LogP contribution is -2.42. The van der Waals surface area contributed by atoms with Crippen LogP contribution in [0.25, 0.3) is 0 Å². The van der Waals surface area contributed by atoms with Gasteiger partial charge >= 0.3 is 0 Å². The second kappa shape index (κ2) is 6.38. The number of hydrogen-bond donors (Lipinski definition) is 1. The van der Waals surface area contributed by atoms with Gasteiger partial charge in [-0.3, -0.25) is 4.90 Å². The van der Waals surface area contributed by atoms with Crippen molar-refractivity contribution in [1.29, 1.82) is 0 Å². The molecule has 0 aliphatic carbocycles. The molecule has 1 atom stereocenters. The molecule has 2 nitrogen and oxygen atoms in total. The fourth-order valence-corrected chi connectivity index (χ4v) is 3.36. The first-order chi connectivity index (χ1) is 9.08. The van der Waals surface area contributed by atoms with Crippen LogP contribution in [0.2, 0.25) is 0 Å². The Hall–Kier alpha value is -0.380. The third-order valence-corrected chi connectivity index (χ3v) is 5.25. The molecule has 1 aliphatic rings. The van der Waals surface area contributed by atoms with E-state index in [1.807, 2.05) is 0 Å². The number of benzene rings is 1. The maximum atomic E-state index is 6.03. The summed E-state index contributed by atoms with van der Waals surface area (Å²) in [5.74, 6) is 0. The summed E-state index contributed by atoms with van der Waals surface area (Å²) in [4.78, 5) is 2.55. The molecular formula is C16H25BrN2. The van der Waals surface area contributed by atoms with Gasteiger partial charge in [-0.25, -0.2) is 0 Å². The SMILES string of the molecule is CCC1(C)CCN(C(CN)c2cccc(Br)c2)CC1. The number of nitrogens with two attached hydrogens (primary N) is 1. The van der Waals surface area contributed by atoms with Crippen LogP contribution in [-0.4, -0.2) is 24.5 Å². The molecule has 0 aromatic heterocycles. The smallest absolute Gasteiger partial charge is 0.0470 e. The van der Waals surface area contributed by atoms with E-state index < -0.39 is 0 Å². The van der Waals surface area contributed by atoms with Crippen molar-refractivity contribution < 1.29 is 0 Å². The van der Waals surface area contributed by atoms with Crippen molar-refractivity contribution in [2.24, 2.45) is 11.1 Å². The number of piperidine rings is 1. The average molecular weight is 325 g/mol. The molecule has 3 heteroatoms. The third kappa shape index (κ3) is 3.59. The first-order valence-corrected chi connectivity index (χ1v) is 8.07. The highest BCUT2D eigenvalue weighted by Gasteiger charge is 2.31. The molecule has 1 unspecified atom stereocenters. The highest BCUT2D eigenvalue weighted by atomic mass is 79.9. The number of rotatable bonds is 4. The van der Waals surface area contributed by atoms with Crippen molar-refractivity contribution in [3.63, 3.8) is 0 Å². The van der Waals surface area contributed by atoms with E-state index in [-0.39, 0.29) is 0 Å². The van der Waals surface area contributed by atoms with Gasteiger partial charge in [-0.1, -0.05) is 48.3 Å². The molecule has 106 valence electrons. The molecule has 1 aromatic carbocycles. The minimum Gasteiger partial charge on any atom is -0.329 e. The predicted molar refractivity (Wildman–Crippen MR) is 85.1 cm³/mol. The molecule has 1 aliphatic heterocycles. The van der Waals surface area contributed by atoms with Crippen LogP contribution in [0.15, 0.2) is 28.7 Å². The Kier molecular flexibility index (Phi) is 5.04. The topological polar surface area (TPSA) is 29.3 Å². The van der Waals surface area contributed by atoms with Gasteiger partial charge in [-0.2, -0.15) is 0 Å². The Labute approximate surface area is 125 Å². The Morgan fingerprint density at radius 1 is 1.37 bits per heavy atom. The van der Waals surface area contributed by atoms with E-state index in [0.717, 1.165) is 4.47 Å². The fourth-order valence-electron chi connectivity index (χ4n) is 2.94. The van der Waals surface area contributed by atoms with Crippen LogP contribution in [0.1, 0.15) is 44.7 Å². The van der Waals surface area contributed by atoms with Crippen molar-refractivity contribution in [2.45, 2.75) is 39.2 Å². The van der Waals surface area contributed by atoms with Gasteiger partial charge in [0.2, 0.25) is 0 Å². The average Bonchev–Trinajstić information content (AvgIpc) is 2.42. The van der Waals surface area contributed by atoms with Gasteiger partial charge in [0.25, 0.3) is 0 Å². The molecule has 2 rings (SSSR count). The van der Waals surface area contributed by atoms with Crippen LogP contribution >= 0.6 is 15.9 Å². The lowest BCUT2D eigenvalue weighted by molar-refractivity contribution is 0.0829. The lowest BCUT2D eigenvalue weighted by atomic mass is 9.78. The normalized spacial score (nSPS) is 21.3. The molecule has 2 N–H and O–H groups in total. The highest BCUT2D eigenvalue weighted by molar-refractivity contribution is 9.10. The van der Waals surface area contributed by atoms with Crippen LogP contribution in [-0.2, 0) is 0 Å². The molecule has 0 saturated carbocycles. The van der Waals surface area contributed by atoms with Gasteiger partial charge in [0.05, 0.1) is 0 Å². The maximum absolute atomic E-state index is 6.03. The Bertz CT molecular complexity index is 411. The van der Waals surface area contributed by atoms with E-state index in [2.05, 4.69) is 58.9 Å². The number of likely N-dealkylation sites (tertiary alicyclic amines) is 1. The molecule has 1 saturated heterocycles. The van der Waals surface area contributed by atoms with E-state index in [1.54, 1.807) is 0 Å². The minimum absolute atomic E-state index is 0.360. The molecule has 0 bridgehead atoms. The van der Waals surface area contributed by atoms with E-state index in [1.165, 1.54) is 37.9 Å². The number of halogens is 1. The quantitative estimate of drug-likeness (QED) is 0.908. The van der Waals surface area contributed by atoms with Gasteiger partial charge in [0.15, 0.2) is 0 Å². The summed E-state index contributed by atoms with van der Waals surface area (Å²) in [6.45, 7) is 7.75. The van der Waals surface area contributed by atoms with Crippen molar-refractivity contribution in [2.75, 3.05) is 19.6 Å². The monoisotopic (exact) mass is 324 g/mol. The maximum Gasteiger partial charge on any atom is 0.0470 e. The molecule has 1 aromatic rings. The molecule has 0 radical (unpaired) electrons. The summed E-state index contributed by atoms with van der Waals surface area (Å²) in [5.41, 5.74) is 7.89. The van der Waals surface area contributed by atoms with Gasteiger partial charge in [0, 0.05) is 17.1 Å². The van der Waals surface area contributed by atoms with Crippen LogP contribution in [0.3, 0.4) is 0 Å². The van der Waals surface area contributed by atoms with Gasteiger partial charge < -0.3 is 5.73 Å². The van der Waals surface area contributed by atoms with E-state index in [9.17, 15) is 0 Å². The van der Waals surface area contributed by atoms with Gasteiger partial charge in [-0.15, -0.1) is 0 Å². The zero-order valence-corrected chi connectivity index (χ0v) is 13.6. The van der Waals surface area contributed by atoms with Crippen molar-refractivity contribution in [1.82, 2.24) is 4.90 Å². The third-order valence-electron chi connectivity index (χ3n) is 4.76. The summed E-state index contributed by atoms with van der Waals surface area (Å²) < 4.78 is 1.14. The van der Waals surface area contributed by atoms with E-state index in [0.29, 0.717) is 18.0 Å². The van der Waals surface area contributed by atoms with Crippen molar-refractivity contribution in [3.8, 4) is 0 Å². The molecule has 1 heterocycles. The molecular weight excluding hydrogens is 300 g/mol. The Morgan fingerprint density at radius 2 is 2.05 bits per heavy atom. The largest absolute Gasteiger partial charge is 0.329 e. The van der Waals surface area contributed by atoms with Crippen LogP contribution < -0.4 is 5.73 Å². The summed E-state index contributed by atoms with van der Waals surface area (Å²) in [7, 11) is 0. The van der Waals surface area contributed by atoms with Crippen molar-refractivity contribution in [3.05, 3.63) is 34.3 Å². The zero-order chi connectivity index (χ0) is 13.9. The molecule has 0 amide bonds. The summed E-state index contributed by atoms with van der Waals surface area (Å²) >= 11 is 3.55. The predicted octanol–water partition coefficient (Wildman–Crippen LogP) is 3.96. The minimum atomic E-state index is 0.360. The number of nitrogens with zero attached hydrogens (tertiary/aromatic N) is 1. The van der Waals surface area contributed by atoms with Gasteiger partial charge in [0.1, 0.15) is 0 Å². The fraction of sp³-hybridized carbons (Fsp3) is 0.625. The van der Waals surface area contributed by atoms with E-state index in [4.69, 9.17) is 5.73 Å². The second-order valence-electron chi connectivity index (χ2n) is 6.01. The molecule has 19 heavy (non-hydrogen) atoms. The van der Waals surface area contributed by atoms with Crippen LogP contribution in [0, 0.1) is 5.41 Å². The van der Waals surface area contributed by atoms with E-state index >= 15 is 0 Å². The van der Waals surface area contributed by atoms with Crippen LogP contribution in [0.5, 0.6) is 0 Å². The first kappa shape index (κ1) is 15.0. The van der Waals surface area contributed by atoms with Gasteiger partial charge in [-0.05, 0) is 49.0 Å². The Balaban J connectivity index is 2.08. The van der Waals surface area contributed by atoms with Crippen molar-refractivity contribution >= 4 is 15.9 Å². The summed E-state index contributed by atoms with van der Waals surface area (Å²) in [6.07, 6.45) is 3.85. The first-order valence-electron chi connectivity index (χ1n) is 7.27. The lowest BCUT2D eigenvalue weighted by Gasteiger charge is -2.42. The highest BCUT2D eigenvalue weighted by Crippen LogP contribution is 2.36. The molecule has 1 fully saturated rings. The zero-order valence-electron chi connectivity index (χ0n) is 12.0. The number of hydrogen-bond acceptors (Lipinski definition) is 2.